The Morgan fingerprint density at radius 3 is 1.28 bits per heavy atom. The number of ether oxygens (including phenoxy) is 2. The van der Waals surface area contributed by atoms with Crippen molar-refractivity contribution in [1.82, 2.24) is 21.3 Å². The van der Waals surface area contributed by atoms with Gasteiger partial charge in [-0.05, 0) is 40.5 Å². The third kappa shape index (κ3) is 29.4. The molecular formula is C27H52N4O17P2. The molecule has 4 unspecified atom stereocenters. The van der Waals surface area contributed by atoms with Crippen LogP contribution in [-0.2, 0) is 55.9 Å². The number of phosphoric ester groups is 2. The molecule has 0 aliphatic heterocycles. The van der Waals surface area contributed by atoms with Gasteiger partial charge in [-0.25, -0.2) is 13.9 Å². The zero-order valence-electron chi connectivity index (χ0n) is 28.7. The molecule has 0 aromatic heterocycles. The number of nitrogens with one attached hydrogen (secondary N) is 4. The van der Waals surface area contributed by atoms with Crippen LogP contribution in [0, 0.1) is 0 Å². The summed E-state index contributed by atoms with van der Waals surface area (Å²) in [5, 5.41) is 28.1. The summed E-state index contributed by atoms with van der Waals surface area (Å²) in [5.74, 6) is -2.10. The van der Waals surface area contributed by atoms with E-state index in [4.69, 9.17) is 27.6 Å². The van der Waals surface area contributed by atoms with Gasteiger partial charge < -0.3 is 50.7 Å². The lowest BCUT2D eigenvalue weighted by molar-refractivity contribution is -0.129. The lowest BCUT2D eigenvalue weighted by atomic mass is 10.2. The van der Waals surface area contributed by atoms with E-state index in [0.29, 0.717) is 12.8 Å². The maximum Gasteiger partial charge on any atom is 0.472 e. The molecule has 6 atom stereocenters. The second-order valence-electron chi connectivity index (χ2n) is 11.1. The van der Waals surface area contributed by atoms with Crippen LogP contribution in [0.2, 0.25) is 0 Å². The van der Waals surface area contributed by atoms with Gasteiger partial charge in [-0.1, -0.05) is 0 Å². The first-order valence-electron chi connectivity index (χ1n) is 15.6. The highest BCUT2D eigenvalue weighted by atomic mass is 31.2. The zero-order valence-corrected chi connectivity index (χ0v) is 30.5. The van der Waals surface area contributed by atoms with Crippen molar-refractivity contribution in [2.24, 2.45) is 0 Å². The molecule has 0 bridgehead atoms. The summed E-state index contributed by atoms with van der Waals surface area (Å²) in [7, 11) is -9.30. The Morgan fingerprint density at radius 2 is 0.960 bits per heavy atom. The maximum absolute atomic E-state index is 12.2. The molecule has 4 amide bonds. The lowest BCUT2D eigenvalue weighted by Crippen LogP contribution is -2.42. The maximum atomic E-state index is 12.2. The lowest BCUT2D eigenvalue weighted by Gasteiger charge is -2.21. The van der Waals surface area contributed by atoms with E-state index in [9.17, 15) is 53.1 Å². The topological polar surface area (TPSA) is 304 Å². The minimum atomic E-state index is -4.65. The van der Waals surface area contributed by atoms with E-state index < -0.39 is 109 Å². The van der Waals surface area contributed by atoms with Crippen molar-refractivity contribution in [1.29, 1.82) is 0 Å². The normalized spacial score (nSPS) is 16.2. The van der Waals surface area contributed by atoms with E-state index in [1.54, 1.807) is 13.8 Å². The molecule has 0 saturated carbocycles. The molecule has 0 aliphatic rings. The Balaban J connectivity index is 4.54. The van der Waals surface area contributed by atoms with Crippen molar-refractivity contribution in [2.45, 2.75) is 77.7 Å². The van der Waals surface area contributed by atoms with E-state index in [-0.39, 0.29) is 39.5 Å². The number of amides is 4. The molecule has 50 heavy (non-hydrogen) atoms. The molecule has 0 aromatic rings. The number of urea groups is 1. The molecule has 292 valence electrons. The Hall–Kier alpha value is -2.39. The summed E-state index contributed by atoms with van der Waals surface area (Å²) in [6, 6.07) is -2.64. The van der Waals surface area contributed by atoms with Crippen LogP contribution in [0.1, 0.15) is 53.4 Å². The third-order valence-electron chi connectivity index (χ3n) is 5.71. The van der Waals surface area contributed by atoms with Gasteiger partial charge in [0, 0.05) is 26.3 Å². The predicted octanol–water partition coefficient (Wildman–Crippen LogP) is -0.944. The molecule has 0 spiro atoms. The van der Waals surface area contributed by atoms with Gasteiger partial charge in [-0.15, -0.1) is 0 Å². The number of Topliss-reactive ketones (excluding diaryl/α,β-unsaturated/α-hetero) is 2. The van der Waals surface area contributed by atoms with Crippen LogP contribution in [0.5, 0.6) is 0 Å². The molecule has 0 aromatic carbocycles. The fraction of sp³-hybridized carbons (Fsp3) is 0.815. The van der Waals surface area contributed by atoms with Crippen molar-refractivity contribution in [2.75, 3.05) is 65.9 Å². The fourth-order valence-electron chi connectivity index (χ4n) is 3.39. The number of hydrogen-bond acceptors (Lipinski definition) is 15. The van der Waals surface area contributed by atoms with Crippen molar-refractivity contribution < 1.29 is 80.7 Å². The first-order valence-corrected chi connectivity index (χ1v) is 18.6. The summed E-state index contributed by atoms with van der Waals surface area (Å²) < 4.78 is 54.5. The molecule has 23 heteroatoms. The highest BCUT2D eigenvalue weighted by molar-refractivity contribution is 7.47. The summed E-state index contributed by atoms with van der Waals surface area (Å²) in [4.78, 5) is 78.1. The minimum absolute atomic E-state index is 0.130. The Bertz CT molecular complexity index is 1060. The minimum Gasteiger partial charge on any atom is -0.393 e. The van der Waals surface area contributed by atoms with Crippen LogP contribution >= 0.6 is 15.6 Å². The second-order valence-corrected chi connectivity index (χ2v) is 14.0. The molecule has 0 radical (unpaired) electrons. The van der Waals surface area contributed by atoms with E-state index in [1.165, 1.54) is 13.8 Å². The molecular weight excluding hydrogens is 714 g/mol. The van der Waals surface area contributed by atoms with Crippen LogP contribution in [-0.4, -0.2) is 140 Å². The molecule has 8 N–H and O–H groups in total. The van der Waals surface area contributed by atoms with Gasteiger partial charge in [0.2, 0.25) is 11.8 Å². The van der Waals surface area contributed by atoms with Gasteiger partial charge in [0.05, 0.1) is 76.8 Å². The molecule has 21 nitrogen and oxygen atoms in total. The number of aliphatic hydroxyl groups excluding tert-OH is 2. The van der Waals surface area contributed by atoms with Crippen LogP contribution < -0.4 is 21.3 Å². The van der Waals surface area contributed by atoms with Crippen LogP contribution in [0.3, 0.4) is 0 Å². The smallest absolute Gasteiger partial charge is 0.393 e. The summed E-state index contributed by atoms with van der Waals surface area (Å²) >= 11 is 0. The number of carbonyl (C=O) groups is 5. The molecule has 0 fully saturated rings. The van der Waals surface area contributed by atoms with Gasteiger partial charge in [-0.3, -0.25) is 37.3 Å². The number of aliphatic hydroxyl groups is 2. The van der Waals surface area contributed by atoms with E-state index in [0.717, 1.165) is 0 Å². The molecule has 0 rings (SSSR count). The van der Waals surface area contributed by atoms with Crippen molar-refractivity contribution >= 4 is 45.1 Å². The molecule has 0 heterocycles. The Labute approximate surface area is 290 Å². The number of phosphoric acid groups is 2. The zero-order chi connectivity index (χ0) is 38.2. The third-order valence-corrected chi connectivity index (χ3v) is 7.68. The highest BCUT2D eigenvalue weighted by Crippen LogP contribution is 2.43. The fourth-order valence-corrected chi connectivity index (χ4v) is 4.92. The second kappa shape index (κ2) is 26.4. The number of hydrogen-bond donors (Lipinski definition) is 8. The summed E-state index contributed by atoms with van der Waals surface area (Å²) in [6.07, 6.45) is -1.48. The average molecular weight is 767 g/mol. The van der Waals surface area contributed by atoms with Gasteiger partial charge in [-0.2, -0.15) is 0 Å². The largest absolute Gasteiger partial charge is 0.472 e. The highest BCUT2D eigenvalue weighted by Gasteiger charge is 2.26. The SMILES string of the molecule is CC(=O)CC(=O)NC(COCC[C@@H](C)O)COP(=O)(O)OCCNC(=O)NCCOP(=O)(O)OCC(COCC[C@@H](C)O)NC(=O)CC(C)=O. The van der Waals surface area contributed by atoms with Gasteiger partial charge >= 0.3 is 21.7 Å². The quantitative estimate of drug-likeness (QED) is 0.0248. The number of rotatable bonds is 30. The van der Waals surface area contributed by atoms with Crippen LogP contribution in [0.25, 0.3) is 0 Å². The Morgan fingerprint density at radius 1 is 0.600 bits per heavy atom. The number of ketones is 2. The first kappa shape index (κ1) is 47.6. The van der Waals surface area contributed by atoms with E-state index in [2.05, 4.69) is 21.3 Å². The van der Waals surface area contributed by atoms with Crippen molar-refractivity contribution in [3.63, 3.8) is 0 Å². The number of carbonyl (C=O) groups excluding carboxylic acids is 5. The monoisotopic (exact) mass is 766 g/mol. The van der Waals surface area contributed by atoms with Crippen LogP contribution in [0.15, 0.2) is 0 Å². The summed E-state index contributed by atoms with van der Waals surface area (Å²) in [6.45, 7) is 2.98. The van der Waals surface area contributed by atoms with Crippen molar-refractivity contribution in [3.8, 4) is 0 Å². The summed E-state index contributed by atoms with van der Waals surface area (Å²) in [5.41, 5.74) is 0. The first-order chi connectivity index (χ1) is 23.3. The standard InChI is InChI=1S/C27H52N4O17P2/c1-19(32)5-9-43-15-23(30-25(36)13-21(3)34)17-47-49(39,40)45-11-7-28-27(38)29-8-12-46-50(41,42)48-18-24(16-44-10-6-20(2)33)31-26(37)14-22(4)35/h19-20,23-24,32-33H,5-18H2,1-4H3,(H,30,36)(H,31,37)(H,39,40)(H,41,42)(H2,28,29,38)/t19-,20-,23?,24?/m1/s1. The Kier molecular flexibility index (Phi) is 25.1. The predicted molar refractivity (Wildman–Crippen MR) is 174 cm³/mol. The molecule has 0 saturated heterocycles. The van der Waals surface area contributed by atoms with Gasteiger partial charge in [0.25, 0.3) is 0 Å². The van der Waals surface area contributed by atoms with Crippen molar-refractivity contribution in [3.05, 3.63) is 0 Å². The van der Waals surface area contributed by atoms with Crippen LogP contribution in [0.4, 0.5) is 4.79 Å². The van der Waals surface area contributed by atoms with Gasteiger partial charge in [0.15, 0.2) is 0 Å². The van der Waals surface area contributed by atoms with E-state index in [1.807, 2.05) is 0 Å². The van der Waals surface area contributed by atoms with E-state index >= 15 is 0 Å². The molecule has 0 aliphatic carbocycles. The van der Waals surface area contributed by atoms with Gasteiger partial charge in [0.1, 0.15) is 11.6 Å². The average Bonchev–Trinajstić information content (AvgIpc) is 2.98.